The van der Waals surface area contributed by atoms with Crippen molar-refractivity contribution in [3.05, 3.63) is 58.7 Å². The summed E-state index contributed by atoms with van der Waals surface area (Å²) >= 11 is 0. The Bertz CT molecular complexity index is 780. The van der Waals surface area contributed by atoms with E-state index in [1.807, 2.05) is 36.9 Å². The highest BCUT2D eigenvalue weighted by molar-refractivity contribution is 5.91. The van der Waals surface area contributed by atoms with E-state index in [2.05, 4.69) is 42.7 Å². The van der Waals surface area contributed by atoms with Gasteiger partial charge in [-0.15, -0.1) is 0 Å². The minimum Gasteiger partial charge on any atom is -0.381 e. The van der Waals surface area contributed by atoms with E-state index in [1.54, 1.807) is 0 Å². The number of piperidine rings is 1. The third-order valence-electron chi connectivity index (χ3n) is 5.30. The predicted octanol–water partition coefficient (Wildman–Crippen LogP) is 5.03. The summed E-state index contributed by atoms with van der Waals surface area (Å²) in [4.78, 5) is 14.7. The lowest BCUT2D eigenvalue weighted by Gasteiger charge is -2.34. The molecule has 0 spiro atoms. The highest BCUT2D eigenvalue weighted by Crippen LogP contribution is 2.22. The zero-order chi connectivity index (χ0) is 18.7. The molecule has 0 saturated carbocycles. The molecule has 4 nitrogen and oxygen atoms in total. The van der Waals surface area contributed by atoms with Gasteiger partial charge in [0.25, 0.3) is 0 Å². The molecule has 2 aromatic carbocycles. The van der Waals surface area contributed by atoms with Crippen molar-refractivity contribution in [1.29, 1.82) is 0 Å². The normalized spacial score (nSPS) is 17.1. The van der Waals surface area contributed by atoms with Crippen LogP contribution < -0.4 is 10.6 Å². The third-order valence-corrected chi connectivity index (χ3v) is 5.30. The lowest BCUT2D eigenvalue weighted by atomic mass is 10.0. The van der Waals surface area contributed by atoms with Crippen LogP contribution in [0.3, 0.4) is 0 Å². The summed E-state index contributed by atoms with van der Waals surface area (Å²) in [5.74, 6) is 0. The maximum absolute atomic E-state index is 12.8. The number of nitrogens with zero attached hydrogens (tertiary/aromatic N) is 1. The second-order valence-corrected chi connectivity index (χ2v) is 7.43. The van der Waals surface area contributed by atoms with Gasteiger partial charge in [0.05, 0.1) is 0 Å². The molecule has 2 N–H and O–H groups in total. The minimum absolute atomic E-state index is 0.00557. The number of hydrogen-bond acceptors (Lipinski definition) is 2. The van der Waals surface area contributed by atoms with E-state index in [1.165, 1.54) is 11.1 Å². The summed E-state index contributed by atoms with van der Waals surface area (Å²) < 4.78 is 0. The van der Waals surface area contributed by atoms with E-state index >= 15 is 0 Å². The molecule has 2 aromatic rings. The van der Waals surface area contributed by atoms with Gasteiger partial charge in [-0.1, -0.05) is 24.3 Å². The van der Waals surface area contributed by atoms with Gasteiger partial charge in [0.15, 0.2) is 0 Å². The quantitative estimate of drug-likeness (QED) is 0.815. The van der Waals surface area contributed by atoms with Crippen molar-refractivity contribution >= 4 is 17.4 Å². The maximum Gasteiger partial charge on any atom is 0.321 e. The second-order valence-electron chi connectivity index (χ2n) is 7.43. The standard InChI is InChI=1S/C22H29N3O/c1-15-10-11-19(13-18(15)4)23-20-9-6-12-25(14-20)22(26)24-21-16(2)7-5-8-17(21)3/h5,7-8,10-11,13,20,23H,6,9,12,14H2,1-4H3,(H,24,26). The average Bonchev–Trinajstić information content (AvgIpc) is 2.61. The topological polar surface area (TPSA) is 44.4 Å². The summed E-state index contributed by atoms with van der Waals surface area (Å²) in [5.41, 5.74) is 6.85. The van der Waals surface area contributed by atoms with Crippen molar-refractivity contribution in [3.63, 3.8) is 0 Å². The number of rotatable bonds is 3. The van der Waals surface area contributed by atoms with Crippen LogP contribution in [-0.4, -0.2) is 30.1 Å². The van der Waals surface area contributed by atoms with Crippen LogP contribution in [0.2, 0.25) is 0 Å². The Morgan fingerprint density at radius 2 is 1.73 bits per heavy atom. The van der Waals surface area contributed by atoms with Crippen LogP contribution in [0.15, 0.2) is 36.4 Å². The van der Waals surface area contributed by atoms with Gasteiger partial charge in [-0.05, 0) is 74.9 Å². The first-order valence-electron chi connectivity index (χ1n) is 9.40. The molecule has 1 fully saturated rings. The Morgan fingerprint density at radius 1 is 1.00 bits per heavy atom. The number of anilines is 2. The smallest absolute Gasteiger partial charge is 0.321 e. The van der Waals surface area contributed by atoms with E-state index < -0.39 is 0 Å². The van der Waals surface area contributed by atoms with Crippen LogP contribution >= 0.6 is 0 Å². The molecule has 138 valence electrons. The number of para-hydroxylation sites is 1. The first kappa shape index (κ1) is 18.3. The monoisotopic (exact) mass is 351 g/mol. The van der Waals surface area contributed by atoms with Gasteiger partial charge < -0.3 is 15.5 Å². The van der Waals surface area contributed by atoms with E-state index in [4.69, 9.17) is 0 Å². The van der Waals surface area contributed by atoms with Gasteiger partial charge >= 0.3 is 6.03 Å². The molecule has 1 heterocycles. The van der Waals surface area contributed by atoms with E-state index in [0.717, 1.165) is 48.4 Å². The molecule has 0 radical (unpaired) electrons. The van der Waals surface area contributed by atoms with Gasteiger partial charge in [0.1, 0.15) is 0 Å². The van der Waals surface area contributed by atoms with Gasteiger partial charge in [0, 0.05) is 30.5 Å². The second kappa shape index (κ2) is 7.81. The van der Waals surface area contributed by atoms with Crippen LogP contribution in [0.5, 0.6) is 0 Å². The highest BCUT2D eigenvalue weighted by Gasteiger charge is 2.24. The molecule has 1 aliphatic heterocycles. The molecular weight excluding hydrogens is 322 g/mol. The minimum atomic E-state index is -0.00557. The lowest BCUT2D eigenvalue weighted by Crippen LogP contribution is -2.46. The maximum atomic E-state index is 12.8. The Balaban J connectivity index is 1.64. The number of carbonyl (C=O) groups excluding carboxylic acids is 1. The Hall–Kier alpha value is -2.49. The van der Waals surface area contributed by atoms with Gasteiger partial charge in [-0.2, -0.15) is 0 Å². The van der Waals surface area contributed by atoms with Crippen molar-refractivity contribution in [2.24, 2.45) is 0 Å². The predicted molar refractivity (Wildman–Crippen MR) is 109 cm³/mol. The van der Waals surface area contributed by atoms with Gasteiger partial charge in [-0.3, -0.25) is 0 Å². The molecule has 1 unspecified atom stereocenters. The van der Waals surface area contributed by atoms with E-state index in [-0.39, 0.29) is 12.1 Å². The highest BCUT2D eigenvalue weighted by atomic mass is 16.2. The summed E-state index contributed by atoms with van der Waals surface area (Å²) in [5, 5.41) is 6.71. The zero-order valence-corrected chi connectivity index (χ0v) is 16.2. The lowest BCUT2D eigenvalue weighted by molar-refractivity contribution is 0.196. The molecule has 2 amide bonds. The Morgan fingerprint density at radius 3 is 2.42 bits per heavy atom. The van der Waals surface area contributed by atoms with Crippen molar-refractivity contribution in [1.82, 2.24) is 4.90 Å². The van der Waals surface area contributed by atoms with Crippen molar-refractivity contribution < 1.29 is 4.79 Å². The summed E-state index contributed by atoms with van der Waals surface area (Å²) in [6, 6.07) is 12.8. The van der Waals surface area contributed by atoms with Crippen molar-refractivity contribution in [2.45, 2.75) is 46.6 Å². The Labute approximate surface area is 156 Å². The molecular formula is C22H29N3O. The van der Waals surface area contributed by atoms with Crippen molar-refractivity contribution in [3.8, 4) is 0 Å². The fourth-order valence-electron chi connectivity index (χ4n) is 3.54. The molecule has 1 atom stereocenters. The van der Waals surface area contributed by atoms with Gasteiger partial charge in [0.2, 0.25) is 0 Å². The molecule has 1 aliphatic rings. The molecule has 0 bridgehead atoms. The number of urea groups is 1. The first-order chi connectivity index (χ1) is 12.4. The number of nitrogens with one attached hydrogen (secondary N) is 2. The van der Waals surface area contributed by atoms with Gasteiger partial charge in [-0.25, -0.2) is 4.79 Å². The van der Waals surface area contributed by atoms with Crippen LogP contribution in [0, 0.1) is 27.7 Å². The fourth-order valence-corrected chi connectivity index (χ4v) is 3.54. The number of amides is 2. The molecule has 4 heteroatoms. The molecule has 1 saturated heterocycles. The third kappa shape index (κ3) is 4.18. The zero-order valence-electron chi connectivity index (χ0n) is 16.2. The number of likely N-dealkylation sites (tertiary alicyclic amines) is 1. The molecule has 0 aliphatic carbocycles. The van der Waals surface area contributed by atoms with Crippen LogP contribution in [0.1, 0.15) is 35.1 Å². The van der Waals surface area contributed by atoms with E-state index in [0.29, 0.717) is 0 Å². The average molecular weight is 351 g/mol. The Kier molecular flexibility index (Phi) is 5.50. The van der Waals surface area contributed by atoms with Crippen LogP contribution in [-0.2, 0) is 0 Å². The molecule has 0 aromatic heterocycles. The fraction of sp³-hybridized carbons (Fsp3) is 0.409. The summed E-state index contributed by atoms with van der Waals surface area (Å²) in [6.45, 7) is 9.85. The number of carbonyl (C=O) groups is 1. The van der Waals surface area contributed by atoms with Crippen molar-refractivity contribution in [2.75, 3.05) is 23.7 Å². The van der Waals surface area contributed by atoms with Crippen LogP contribution in [0.25, 0.3) is 0 Å². The number of aryl methyl sites for hydroxylation is 4. The van der Waals surface area contributed by atoms with Crippen LogP contribution in [0.4, 0.5) is 16.2 Å². The van der Waals surface area contributed by atoms with E-state index in [9.17, 15) is 4.79 Å². The first-order valence-corrected chi connectivity index (χ1v) is 9.40. The number of benzene rings is 2. The largest absolute Gasteiger partial charge is 0.381 e. The summed E-state index contributed by atoms with van der Waals surface area (Å²) in [6.07, 6.45) is 2.10. The molecule has 3 rings (SSSR count). The SMILES string of the molecule is Cc1ccc(NC2CCCN(C(=O)Nc3c(C)cccc3C)C2)cc1C. The summed E-state index contributed by atoms with van der Waals surface area (Å²) in [7, 11) is 0. The number of hydrogen-bond donors (Lipinski definition) is 2. The molecule has 26 heavy (non-hydrogen) atoms.